The molecule has 0 bridgehead atoms. The number of rotatable bonds is 4. The SMILES string of the molecule is C/C(C=O)=C\C(=O)OCc1ccccc1. The van der Waals surface area contributed by atoms with E-state index in [-0.39, 0.29) is 6.61 Å². The predicted octanol–water partition coefficient (Wildman–Crippen LogP) is 1.87. The number of aldehydes is 1. The molecule has 3 nitrogen and oxygen atoms in total. The van der Waals surface area contributed by atoms with Crippen LogP contribution in [0.5, 0.6) is 0 Å². The van der Waals surface area contributed by atoms with Gasteiger partial charge in [0.05, 0.1) is 0 Å². The topological polar surface area (TPSA) is 43.4 Å². The summed E-state index contributed by atoms with van der Waals surface area (Å²) >= 11 is 0. The lowest BCUT2D eigenvalue weighted by atomic mass is 10.2. The summed E-state index contributed by atoms with van der Waals surface area (Å²) in [4.78, 5) is 21.4. The summed E-state index contributed by atoms with van der Waals surface area (Å²) < 4.78 is 4.93. The van der Waals surface area contributed by atoms with Crippen molar-refractivity contribution in [3.05, 3.63) is 47.5 Å². The van der Waals surface area contributed by atoms with Gasteiger partial charge in [-0.05, 0) is 18.1 Å². The van der Waals surface area contributed by atoms with E-state index >= 15 is 0 Å². The van der Waals surface area contributed by atoms with Crippen LogP contribution in [0, 0.1) is 0 Å². The van der Waals surface area contributed by atoms with Crippen LogP contribution in [0.25, 0.3) is 0 Å². The van der Waals surface area contributed by atoms with Gasteiger partial charge in [-0.25, -0.2) is 4.79 Å². The van der Waals surface area contributed by atoms with Gasteiger partial charge < -0.3 is 4.74 Å². The van der Waals surface area contributed by atoms with Crippen molar-refractivity contribution in [3.63, 3.8) is 0 Å². The number of benzene rings is 1. The summed E-state index contributed by atoms with van der Waals surface area (Å²) in [5, 5.41) is 0. The molecule has 1 rings (SSSR count). The van der Waals surface area contributed by atoms with Crippen LogP contribution in [-0.4, -0.2) is 12.3 Å². The first-order valence-corrected chi connectivity index (χ1v) is 4.56. The smallest absolute Gasteiger partial charge is 0.331 e. The van der Waals surface area contributed by atoms with E-state index in [9.17, 15) is 9.59 Å². The highest BCUT2D eigenvalue weighted by molar-refractivity contribution is 5.89. The number of carbonyl (C=O) groups is 2. The third-order valence-electron chi connectivity index (χ3n) is 1.76. The Bertz CT molecular complexity index is 366. The van der Waals surface area contributed by atoms with Gasteiger partial charge in [0.1, 0.15) is 12.9 Å². The molecule has 0 saturated heterocycles. The quantitative estimate of drug-likeness (QED) is 0.427. The molecule has 0 N–H and O–H groups in total. The van der Waals surface area contributed by atoms with Crippen LogP contribution in [0.15, 0.2) is 42.0 Å². The van der Waals surface area contributed by atoms with Gasteiger partial charge in [-0.1, -0.05) is 30.3 Å². The van der Waals surface area contributed by atoms with E-state index in [1.165, 1.54) is 6.08 Å². The maximum Gasteiger partial charge on any atom is 0.331 e. The number of ether oxygens (including phenoxy) is 1. The molecule has 0 aliphatic carbocycles. The second-order valence-electron chi connectivity index (χ2n) is 3.10. The van der Waals surface area contributed by atoms with Crippen LogP contribution in [0.4, 0.5) is 0 Å². The molecule has 0 amide bonds. The Morgan fingerprint density at radius 3 is 2.60 bits per heavy atom. The molecule has 3 heteroatoms. The first-order chi connectivity index (χ1) is 7.22. The van der Waals surface area contributed by atoms with E-state index in [0.29, 0.717) is 11.9 Å². The van der Waals surface area contributed by atoms with Crippen molar-refractivity contribution in [2.75, 3.05) is 0 Å². The van der Waals surface area contributed by atoms with Crippen molar-refractivity contribution in [1.82, 2.24) is 0 Å². The van der Waals surface area contributed by atoms with Gasteiger partial charge in [-0.3, -0.25) is 4.79 Å². The van der Waals surface area contributed by atoms with Crippen LogP contribution < -0.4 is 0 Å². The molecule has 0 aliphatic heterocycles. The predicted molar refractivity (Wildman–Crippen MR) is 56.1 cm³/mol. The zero-order valence-corrected chi connectivity index (χ0v) is 8.47. The summed E-state index contributed by atoms with van der Waals surface area (Å²) in [5.74, 6) is -0.497. The molecule has 0 aliphatic rings. The lowest BCUT2D eigenvalue weighted by molar-refractivity contribution is -0.139. The highest BCUT2D eigenvalue weighted by Gasteiger charge is 1.99. The minimum atomic E-state index is -0.497. The van der Waals surface area contributed by atoms with E-state index in [1.807, 2.05) is 30.3 Å². The maximum absolute atomic E-state index is 11.1. The molecule has 0 spiro atoms. The second-order valence-corrected chi connectivity index (χ2v) is 3.10. The number of hydrogen-bond donors (Lipinski definition) is 0. The van der Waals surface area contributed by atoms with E-state index < -0.39 is 5.97 Å². The fourth-order valence-electron chi connectivity index (χ4n) is 0.990. The second kappa shape index (κ2) is 5.75. The third kappa shape index (κ3) is 4.22. The van der Waals surface area contributed by atoms with Crippen LogP contribution in [0.3, 0.4) is 0 Å². The molecule has 1 aromatic carbocycles. The highest BCUT2D eigenvalue weighted by Crippen LogP contribution is 2.01. The number of hydrogen-bond acceptors (Lipinski definition) is 3. The number of carbonyl (C=O) groups excluding carboxylic acids is 2. The standard InChI is InChI=1S/C12H12O3/c1-10(8-13)7-12(14)15-9-11-5-3-2-4-6-11/h2-8H,9H2,1H3/b10-7+. The van der Waals surface area contributed by atoms with E-state index in [4.69, 9.17) is 4.74 Å². The van der Waals surface area contributed by atoms with Gasteiger partial charge in [-0.2, -0.15) is 0 Å². The van der Waals surface area contributed by atoms with Gasteiger partial charge in [0.15, 0.2) is 0 Å². The first kappa shape index (κ1) is 11.2. The summed E-state index contributed by atoms with van der Waals surface area (Å²) in [6.07, 6.45) is 1.79. The lowest BCUT2D eigenvalue weighted by Gasteiger charge is -2.01. The molecule has 15 heavy (non-hydrogen) atoms. The monoisotopic (exact) mass is 204 g/mol. The van der Waals surface area contributed by atoms with Crippen LogP contribution >= 0.6 is 0 Å². The molecule has 0 heterocycles. The Morgan fingerprint density at radius 2 is 2.00 bits per heavy atom. The molecule has 0 fully saturated rings. The molecule has 0 saturated carbocycles. The fraction of sp³-hybridized carbons (Fsp3) is 0.167. The molecule has 78 valence electrons. The summed E-state index contributed by atoms with van der Waals surface area (Å²) in [6.45, 7) is 1.78. The zero-order chi connectivity index (χ0) is 11.1. The summed E-state index contributed by atoms with van der Waals surface area (Å²) in [5.41, 5.74) is 1.27. The van der Waals surface area contributed by atoms with E-state index in [0.717, 1.165) is 5.56 Å². The van der Waals surface area contributed by atoms with Gasteiger partial charge in [0, 0.05) is 6.08 Å². The van der Waals surface area contributed by atoms with Crippen molar-refractivity contribution in [1.29, 1.82) is 0 Å². The molecule has 1 aromatic rings. The molecule has 0 radical (unpaired) electrons. The van der Waals surface area contributed by atoms with Gasteiger partial charge in [0.25, 0.3) is 0 Å². The minimum absolute atomic E-state index is 0.225. The van der Waals surface area contributed by atoms with Gasteiger partial charge >= 0.3 is 5.97 Å². The first-order valence-electron chi connectivity index (χ1n) is 4.56. The van der Waals surface area contributed by atoms with Crippen molar-refractivity contribution < 1.29 is 14.3 Å². The maximum atomic E-state index is 11.1. The van der Waals surface area contributed by atoms with Crippen molar-refractivity contribution in [2.45, 2.75) is 13.5 Å². The highest BCUT2D eigenvalue weighted by atomic mass is 16.5. The minimum Gasteiger partial charge on any atom is -0.458 e. The third-order valence-corrected chi connectivity index (χ3v) is 1.76. The normalized spacial score (nSPS) is 10.9. The summed E-state index contributed by atoms with van der Waals surface area (Å²) in [6, 6.07) is 9.36. The Kier molecular flexibility index (Phi) is 4.29. The van der Waals surface area contributed by atoms with E-state index in [1.54, 1.807) is 6.92 Å². The van der Waals surface area contributed by atoms with Crippen LogP contribution in [0.2, 0.25) is 0 Å². The molecule has 0 unspecified atom stereocenters. The lowest BCUT2D eigenvalue weighted by Crippen LogP contribution is -2.01. The Labute approximate surface area is 88.4 Å². The van der Waals surface area contributed by atoms with Crippen LogP contribution in [0.1, 0.15) is 12.5 Å². The Morgan fingerprint density at radius 1 is 1.33 bits per heavy atom. The molecular weight excluding hydrogens is 192 g/mol. The van der Waals surface area contributed by atoms with E-state index in [2.05, 4.69) is 0 Å². The van der Waals surface area contributed by atoms with Crippen molar-refractivity contribution in [2.24, 2.45) is 0 Å². The molecule has 0 aromatic heterocycles. The Hall–Kier alpha value is -1.90. The molecular formula is C12H12O3. The number of allylic oxidation sites excluding steroid dienone is 1. The van der Waals surface area contributed by atoms with Crippen molar-refractivity contribution in [3.8, 4) is 0 Å². The zero-order valence-electron chi connectivity index (χ0n) is 8.47. The average Bonchev–Trinajstić information content (AvgIpc) is 2.27. The Balaban J connectivity index is 2.45. The molecule has 0 atom stereocenters. The average molecular weight is 204 g/mol. The largest absolute Gasteiger partial charge is 0.458 e. The fourth-order valence-corrected chi connectivity index (χ4v) is 0.990. The number of esters is 1. The van der Waals surface area contributed by atoms with Gasteiger partial charge in [0.2, 0.25) is 0 Å². The van der Waals surface area contributed by atoms with Crippen LogP contribution in [-0.2, 0) is 20.9 Å². The van der Waals surface area contributed by atoms with Gasteiger partial charge in [-0.15, -0.1) is 0 Å². The van der Waals surface area contributed by atoms with Crippen molar-refractivity contribution >= 4 is 12.3 Å². The summed E-state index contributed by atoms with van der Waals surface area (Å²) in [7, 11) is 0.